The summed E-state index contributed by atoms with van der Waals surface area (Å²) in [5.41, 5.74) is 4.93. The third kappa shape index (κ3) is 7.40. The van der Waals surface area contributed by atoms with E-state index in [2.05, 4.69) is 4.18 Å². The first-order chi connectivity index (χ1) is 3.62. The third-order valence-electron chi connectivity index (χ3n) is 0.622. The Morgan fingerprint density at radius 1 is 1.56 bits per heavy atom. The second kappa shape index (κ2) is 6.23. The molecule has 2 N–H and O–H groups in total. The van der Waals surface area contributed by atoms with E-state index in [4.69, 9.17) is 5.73 Å². The average molecular weight is 179 g/mol. The molecule has 6 heteroatoms. The van der Waals surface area contributed by atoms with E-state index >= 15 is 0 Å². The average Bonchev–Trinajstić information content (AvgIpc) is 1.67. The van der Waals surface area contributed by atoms with Gasteiger partial charge in [-0.25, -0.2) is 0 Å². The van der Waals surface area contributed by atoms with E-state index in [1.807, 2.05) is 0 Å². The third-order valence-corrected chi connectivity index (χ3v) is 1.87. The van der Waals surface area contributed by atoms with Gasteiger partial charge in [0.15, 0.2) is 0 Å². The van der Waals surface area contributed by atoms with Crippen molar-refractivity contribution < 1.29 is 12.6 Å². The van der Waals surface area contributed by atoms with E-state index < -0.39 is 10.1 Å². The van der Waals surface area contributed by atoms with E-state index in [0.717, 1.165) is 7.11 Å². The predicted molar refractivity (Wildman–Crippen MR) is 37.0 cm³/mol. The van der Waals surface area contributed by atoms with Crippen molar-refractivity contribution in [3.8, 4) is 0 Å². The summed E-state index contributed by atoms with van der Waals surface area (Å²) in [6.45, 7) is 0.107. The van der Waals surface area contributed by atoms with Crippen LogP contribution in [0.25, 0.3) is 0 Å². The van der Waals surface area contributed by atoms with E-state index in [9.17, 15) is 8.42 Å². The van der Waals surface area contributed by atoms with Crippen molar-refractivity contribution in [1.82, 2.24) is 0 Å². The summed E-state index contributed by atoms with van der Waals surface area (Å²) in [4.78, 5) is 0. The fourth-order valence-electron chi connectivity index (χ4n) is 0.228. The first kappa shape index (κ1) is 13.1. The molecule has 0 aliphatic rings. The van der Waals surface area contributed by atoms with Crippen LogP contribution in [0, 0.1) is 0 Å². The Balaban J connectivity index is 0. The van der Waals surface area contributed by atoms with Crippen molar-refractivity contribution in [3.63, 3.8) is 0 Å². The SMILES string of the molecule is COS(=O)(=O)CCN.[KH]. The molecule has 0 aromatic heterocycles. The fraction of sp³-hybridized carbons (Fsp3) is 1.00. The van der Waals surface area contributed by atoms with Crippen LogP contribution in [-0.4, -0.2) is 79.2 Å². The van der Waals surface area contributed by atoms with Crippen LogP contribution >= 0.6 is 0 Å². The van der Waals surface area contributed by atoms with E-state index in [-0.39, 0.29) is 63.7 Å². The summed E-state index contributed by atoms with van der Waals surface area (Å²) >= 11 is 0. The van der Waals surface area contributed by atoms with E-state index in [1.165, 1.54) is 0 Å². The molecule has 0 atom stereocenters. The molecule has 0 amide bonds. The predicted octanol–water partition coefficient (Wildman–Crippen LogP) is -1.73. The molecule has 4 nitrogen and oxygen atoms in total. The molecule has 0 rings (SSSR count). The summed E-state index contributed by atoms with van der Waals surface area (Å²) in [7, 11) is -2.18. The fourth-order valence-corrected chi connectivity index (χ4v) is 0.683. The molecular weight excluding hydrogens is 169 g/mol. The van der Waals surface area contributed by atoms with Gasteiger partial charge >= 0.3 is 51.4 Å². The minimum atomic E-state index is -3.29. The van der Waals surface area contributed by atoms with Crippen LogP contribution in [0.5, 0.6) is 0 Å². The van der Waals surface area contributed by atoms with Gasteiger partial charge < -0.3 is 5.73 Å². The molecule has 0 aromatic carbocycles. The van der Waals surface area contributed by atoms with Gasteiger partial charge in [-0.1, -0.05) is 0 Å². The van der Waals surface area contributed by atoms with E-state index in [0.29, 0.717) is 0 Å². The molecule has 52 valence electrons. The molecule has 0 aliphatic heterocycles. The van der Waals surface area contributed by atoms with Gasteiger partial charge in [-0.3, -0.25) is 4.18 Å². The van der Waals surface area contributed by atoms with Crippen molar-refractivity contribution in [2.45, 2.75) is 0 Å². The minimum absolute atomic E-state index is 0. The van der Waals surface area contributed by atoms with Crippen LogP contribution in [-0.2, 0) is 14.3 Å². The normalized spacial score (nSPS) is 10.4. The zero-order valence-corrected chi connectivity index (χ0v) is 5.44. The molecule has 0 bridgehead atoms. The molecule has 9 heavy (non-hydrogen) atoms. The molecule has 0 spiro atoms. The second-order valence-electron chi connectivity index (χ2n) is 1.22. The van der Waals surface area contributed by atoms with Crippen molar-refractivity contribution in [2.75, 3.05) is 19.4 Å². The molecule has 0 saturated carbocycles. The number of hydrogen-bond donors (Lipinski definition) is 1. The Bertz CT molecular complexity index is 143. The van der Waals surface area contributed by atoms with Crippen molar-refractivity contribution in [1.29, 1.82) is 0 Å². The Morgan fingerprint density at radius 2 is 2.00 bits per heavy atom. The van der Waals surface area contributed by atoms with Crippen LogP contribution in [0.2, 0.25) is 0 Å². The summed E-state index contributed by atoms with van der Waals surface area (Å²) in [6, 6.07) is 0. The van der Waals surface area contributed by atoms with Crippen LogP contribution in [0.15, 0.2) is 0 Å². The quantitative estimate of drug-likeness (QED) is 0.413. The van der Waals surface area contributed by atoms with Gasteiger partial charge in [-0.15, -0.1) is 0 Å². The van der Waals surface area contributed by atoms with Crippen LogP contribution < -0.4 is 5.73 Å². The molecule has 0 fully saturated rings. The van der Waals surface area contributed by atoms with Crippen molar-refractivity contribution >= 4 is 61.5 Å². The Hall–Kier alpha value is 1.51. The molecule has 0 radical (unpaired) electrons. The van der Waals surface area contributed by atoms with Crippen molar-refractivity contribution in [2.24, 2.45) is 5.73 Å². The first-order valence-corrected chi connectivity index (χ1v) is 3.68. The van der Waals surface area contributed by atoms with Gasteiger partial charge in [-0.05, 0) is 0 Å². The number of hydrogen-bond acceptors (Lipinski definition) is 4. The number of nitrogens with two attached hydrogens (primary N) is 1. The zero-order valence-electron chi connectivity index (χ0n) is 4.62. The maximum absolute atomic E-state index is 10.3. The maximum atomic E-state index is 10.3. The Labute approximate surface area is 97.7 Å². The summed E-state index contributed by atoms with van der Waals surface area (Å²) in [5, 5.41) is 0. The van der Waals surface area contributed by atoms with Gasteiger partial charge in [0, 0.05) is 6.54 Å². The Morgan fingerprint density at radius 3 is 2.11 bits per heavy atom. The van der Waals surface area contributed by atoms with E-state index in [1.54, 1.807) is 0 Å². The van der Waals surface area contributed by atoms with Crippen LogP contribution in [0.1, 0.15) is 0 Å². The molecular formula is C3H10KNO3S. The van der Waals surface area contributed by atoms with Gasteiger partial charge in [-0.2, -0.15) is 8.42 Å². The standard InChI is InChI=1S/C3H9NO3S.K.H/c1-7-8(5,6)3-2-4;;/h2-4H2,1H3;;. The van der Waals surface area contributed by atoms with Gasteiger partial charge in [0.1, 0.15) is 0 Å². The van der Waals surface area contributed by atoms with Gasteiger partial charge in [0.2, 0.25) is 0 Å². The Kier molecular flexibility index (Phi) is 9.09. The summed E-state index contributed by atoms with van der Waals surface area (Å²) < 4.78 is 24.7. The molecule has 0 saturated heterocycles. The monoisotopic (exact) mass is 179 g/mol. The summed E-state index contributed by atoms with van der Waals surface area (Å²) in [5.74, 6) is -0.108. The topological polar surface area (TPSA) is 69.4 Å². The second-order valence-corrected chi connectivity index (χ2v) is 3.07. The van der Waals surface area contributed by atoms with Gasteiger partial charge in [0.25, 0.3) is 10.1 Å². The molecule has 0 aromatic rings. The molecule has 0 aliphatic carbocycles. The van der Waals surface area contributed by atoms with Gasteiger partial charge in [0.05, 0.1) is 12.9 Å². The number of rotatable bonds is 3. The first-order valence-electron chi connectivity index (χ1n) is 2.11. The molecule has 0 unspecified atom stereocenters. The van der Waals surface area contributed by atoms with Crippen LogP contribution in [0.4, 0.5) is 0 Å². The van der Waals surface area contributed by atoms with Crippen LogP contribution in [0.3, 0.4) is 0 Å². The summed E-state index contributed by atoms with van der Waals surface area (Å²) in [6.07, 6.45) is 0. The zero-order chi connectivity index (χ0) is 6.62. The van der Waals surface area contributed by atoms with Crippen molar-refractivity contribution in [3.05, 3.63) is 0 Å². The molecule has 0 heterocycles.